The number of rotatable bonds is 4. The number of thiophene rings is 1. The molecule has 3 aromatic rings. The zero-order valence-corrected chi connectivity index (χ0v) is 16.8. The van der Waals surface area contributed by atoms with E-state index in [2.05, 4.69) is 46.4 Å². The summed E-state index contributed by atoms with van der Waals surface area (Å²) in [5, 5.41) is 6.87. The van der Waals surface area contributed by atoms with E-state index in [-0.39, 0.29) is 11.8 Å². The highest BCUT2D eigenvalue weighted by Gasteiger charge is 2.26. The molecular formula is C20H24N4O2S. The van der Waals surface area contributed by atoms with Crippen LogP contribution in [0.3, 0.4) is 0 Å². The number of aryl methyl sites for hydroxylation is 1. The lowest BCUT2D eigenvalue weighted by molar-refractivity contribution is 0.0631. The molecule has 27 heavy (non-hydrogen) atoms. The van der Waals surface area contributed by atoms with E-state index in [0.717, 1.165) is 43.8 Å². The topological polar surface area (TPSA) is 62.5 Å². The molecule has 7 heteroatoms. The van der Waals surface area contributed by atoms with Crippen LogP contribution in [0.5, 0.6) is 0 Å². The van der Waals surface area contributed by atoms with Crippen LogP contribution in [-0.2, 0) is 6.54 Å². The molecule has 1 aliphatic rings. The Morgan fingerprint density at radius 1 is 1.30 bits per heavy atom. The van der Waals surface area contributed by atoms with E-state index in [9.17, 15) is 4.79 Å². The second kappa shape index (κ2) is 7.40. The largest absolute Gasteiger partial charge is 0.336 e. The molecule has 0 bridgehead atoms. The molecule has 0 saturated carbocycles. The third-order valence-corrected chi connectivity index (χ3v) is 5.94. The molecule has 1 fully saturated rings. The molecule has 1 saturated heterocycles. The number of carbonyl (C=O) groups excluding carboxylic acids is 1. The van der Waals surface area contributed by atoms with Crippen molar-refractivity contribution < 1.29 is 9.32 Å². The van der Waals surface area contributed by atoms with E-state index in [1.165, 1.54) is 4.88 Å². The van der Waals surface area contributed by atoms with E-state index >= 15 is 0 Å². The van der Waals surface area contributed by atoms with Crippen molar-refractivity contribution >= 4 is 28.3 Å². The number of aromatic nitrogens is 2. The summed E-state index contributed by atoms with van der Waals surface area (Å²) in [5.41, 5.74) is 2.69. The molecule has 0 radical (unpaired) electrons. The SMILES string of the molecule is Cc1noc2nc(C(C)C)cc(C(=O)N3CCN(Cc4cccs4)CC3)c12. The molecule has 0 atom stereocenters. The summed E-state index contributed by atoms with van der Waals surface area (Å²) in [5.74, 6) is 0.264. The Kier molecular flexibility index (Phi) is 4.97. The maximum atomic E-state index is 13.3. The minimum atomic E-state index is 0.0476. The van der Waals surface area contributed by atoms with E-state index in [1.54, 1.807) is 11.3 Å². The first-order chi connectivity index (χ1) is 13.0. The fourth-order valence-corrected chi connectivity index (χ4v) is 4.23. The van der Waals surface area contributed by atoms with E-state index in [4.69, 9.17) is 4.52 Å². The molecule has 142 valence electrons. The highest BCUT2D eigenvalue weighted by Crippen LogP contribution is 2.26. The van der Waals surface area contributed by atoms with Gasteiger partial charge in [0.05, 0.1) is 16.6 Å². The van der Waals surface area contributed by atoms with Gasteiger partial charge >= 0.3 is 0 Å². The van der Waals surface area contributed by atoms with Crippen molar-refractivity contribution in [3.8, 4) is 0 Å². The smallest absolute Gasteiger partial charge is 0.259 e. The first kappa shape index (κ1) is 18.1. The number of nitrogens with zero attached hydrogens (tertiary/aromatic N) is 4. The van der Waals surface area contributed by atoms with Crippen LogP contribution in [0.1, 0.15) is 46.4 Å². The summed E-state index contributed by atoms with van der Waals surface area (Å²) in [6, 6.07) is 6.16. The summed E-state index contributed by atoms with van der Waals surface area (Å²) in [6.07, 6.45) is 0. The summed E-state index contributed by atoms with van der Waals surface area (Å²) in [6.45, 7) is 10.2. The molecule has 0 N–H and O–H groups in total. The normalized spacial score (nSPS) is 15.8. The highest BCUT2D eigenvalue weighted by atomic mass is 32.1. The van der Waals surface area contributed by atoms with E-state index in [0.29, 0.717) is 17.0 Å². The van der Waals surface area contributed by atoms with Gasteiger partial charge < -0.3 is 9.42 Å². The minimum Gasteiger partial charge on any atom is -0.336 e. The van der Waals surface area contributed by atoms with Gasteiger partial charge in [-0.05, 0) is 30.4 Å². The van der Waals surface area contributed by atoms with Crippen molar-refractivity contribution in [1.29, 1.82) is 0 Å². The fourth-order valence-electron chi connectivity index (χ4n) is 3.48. The Hall–Kier alpha value is -2.25. The number of amides is 1. The average Bonchev–Trinajstić information content (AvgIpc) is 3.31. The van der Waals surface area contributed by atoms with Gasteiger partial charge in [-0.3, -0.25) is 9.69 Å². The number of hydrogen-bond acceptors (Lipinski definition) is 6. The number of piperazine rings is 1. The second-order valence-electron chi connectivity index (χ2n) is 7.35. The first-order valence-electron chi connectivity index (χ1n) is 9.34. The third kappa shape index (κ3) is 3.61. The zero-order valence-electron chi connectivity index (χ0n) is 15.9. The summed E-state index contributed by atoms with van der Waals surface area (Å²) < 4.78 is 5.35. The van der Waals surface area contributed by atoms with Gasteiger partial charge in [-0.1, -0.05) is 25.1 Å². The van der Waals surface area contributed by atoms with Crippen LogP contribution in [0.4, 0.5) is 0 Å². The van der Waals surface area contributed by atoms with Crippen molar-refractivity contribution in [2.24, 2.45) is 0 Å². The van der Waals surface area contributed by atoms with Crippen LogP contribution in [0.2, 0.25) is 0 Å². The number of pyridine rings is 1. The van der Waals surface area contributed by atoms with Crippen LogP contribution < -0.4 is 0 Å². The van der Waals surface area contributed by atoms with Crippen molar-refractivity contribution in [1.82, 2.24) is 19.9 Å². The molecule has 0 aliphatic carbocycles. The summed E-state index contributed by atoms with van der Waals surface area (Å²) in [4.78, 5) is 23.5. The molecule has 4 rings (SSSR count). The quantitative estimate of drug-likeness (QED) is 0.687. The summed E-state index contributed by atoms with van der Waals surface area (Å²) >= 11 is 1.78. The average molecular weight is 385 g/mol. The maximum absolute atomic E-state index is 13.3. The van der Waals surface area contributed by atoms with Crippen molar-refractivity contribution in [2.75, 3.05) is 26.2 Å². The van der Waals surface area contributed by atoms with Gasteiger partial charge in [0.2, 0.25) is 0 Å². The van der Waals surface area contributed by atoms with E-state index in [1.807, 2.05) is 17.9 Å². The number of hydrogen-bond donors (Lipinski definition) is 0. The van der Waals surface area contributed by atoms with Gasteiger partial charge in [0.25, 0.3) is 11.6 Å². The van der Waals surface area contributed by atoms with Gasteiger partial charge in [-0.2, -0.15) is 0 Å². The molecule has 0 spiro atoms. The van der Waals surface area contributed by atoms with Gasteiger partial charge in [-0.25, -0.2) is 4.98 Å². The molecule has 3 aromatic heterocycles. The molecule has 1 aliphatic heterocycles. The minimum absolute atomic E-state index is 0.0476. The maximum Gasteiger partial charge on any atom is 0.259 e. The van der Waals surface area contributed by atoms with Gasteiger partial charge in [-0.15, -0.1) is 11.3 Å². The predicted octanol–water partition coefficient (Wildman–Crippen LogP) is 3.67. The van der Waals surface area contributed by atoms with Gasteiger partial charge in [0.1, 0.15) is 0 Å². The van der Waals surface area contributed by atoms with Crippen LogP contribution >= 0.6 is 11.3 Å². The number of carbonyl (C=O) groups is 1. The fraction of sp³-hybridized carbons (Fsp3) is 0.450. The van der Waals surface area contributed by atoms with Crippen molar-refractivity contribution in [3.05, 3.63) is 45.4 Å². The Morgan fingerprint density at radius 2 is 2.07 bits per heavy atom. The van der Waals surface area contributed by atoms with Crippen LogP contribution in [-0.4, -0.2) is 52.0 Å². The molecule has 1 amide bonds. The van der Waals surface area contributed by atoms with E-state index < -0.39 is 0 Å². The Bertz CT molecular complexity index is 940. The monoisotopic (exact) mass is 384 g/mol. The first-order valence-corrected chi connectivity index (χ1v) is 10.2. The van der Waals surface area contributed by atoms with Crippen LogP contribution in [0, 0.1) is 6.92 Å². The lowest BCUT2D eigenvalue weighted by atomic mass is 10.0. The molecule has 4 heterocycles. The molecule has 6 nitrogen and oxygen atoms in total. The zero-order chi connectivity index (χ0) is 19.0. The summed E-state index contributed by atoms with van der Waals surface area (Å²) in [7, 11) is 0. The highest BCUT2D eigenvalue weighted by molar-refractivity contribution is 7.09. The molecule has 0 unspecified atom stereocenters. The predicted molar refractivity (Wildman–Crippen MR) is 106 cm³/mol. The van der Waals surface area contributed by atoms with Crippen LogP contribution in [0.25, 0.3) is 11.1 Å². The second-order valence-corrected chi connectivity index (χ2v) is 8.38. The van der Waals surface area contributed by atoms with Crippen molar-refractivity contribution in [3.63, 3.8) is 0 Å². The van der Waals surface area contributed by atoms with Gasteiger partial charge in [0, 0.05) is 43.3 Å². The van der Waals surface area contributed by atoms with Crippen molar-refractivity contribution in [2.45, 2.75) is 33.2 Å². The standard InChI is InChI=1S/C20H24N4O2S/c1-13(2)17-11-16(18-14(3)22-26-19(18)21-17)20(25)24-8-6-23(7-9-24)12-15-5-4-10-27-15/h4-5,10-11,13H,6-9,12H2,1-3H3. The lowest BCUT2D eigenvalue weighted by Gasteiger charge is -2.34. The van der Waals surface area contributed by atoms with Crippen LogP contribution in [0.15, 0.2) is 28.1 Å². The molecular weight excluding hydrogens is 360 g/mol. The Labute approximate surface area is 162 Å². The Balaban J connectivity index is 1.54. The van der Waals surface area contributed by atoms with Gasteiger partial charge in [0.15, 0.2) is 0 Å². The lowest BCUT2D eigenvalue weighted by Crippen LogP contribution is -2.48. The Morgan fingerprint density at radius 3 is 2.74 bits per heavy atom. The third-order valence-electron chi connectivity index (χ3n) is 5.08. The number of fused-ring (bicyclic) bond motifs is 1. The molecule has 0 aromatic carbocycles.